The van der Waals surface area contributed by atoms with E-state index in [4.69, 9.17) is 5.73 Å². The van der Waals surface area contributed by atoms with Gasteiger partial charge in [0.2, 0.25) is 0 Å². The van der Waals surface area contributed by atoms with Crippen LogP contribution in [0, 0.1) is 0 Å². The van der Waals surface area contributed by atoms with Crippen LogP contribution >= 0.6 is 34.9 Å². The van der Waals surface area contributed by atoms with Gasteiger partial charge in [0.25, 0.3) is 5.91 Å². The summed E-state index contributed by atoms with van der Waals surface area (Å²) in [6.07, 6.45) is 4.23. The summed E-state index contributed by atoms with van der Waals surface area (Å²) >= 11 is 5.19. The van der Waals surface area contributed by atoms with Crippen molar-refractivity contribution in [1.29, 1.82) is 0 Å². The number of carbonyl (C=O) groups is 1. The second kappa shape index (κ2) is 6.07. The molecule has 1 saturated carbocycles. The molecule has 3 N–H and O–H groups in total. The van der Waals surface area contributed by atoms with Crippen LogP contribution in [-0.2, 0) is 0 Å². The molecule has 110 valence electrons. The van der Waals surface area contributed by atoms with E-state index in [1.54, 1.807) is 23.1 Å². The average Bonchev–Trinajstić information content (AvgIpc) is 3.21. The molecule has 1 aromatic rings. The topological polar surface area (TPSA) is 58.4 Å². The number of anilines is 2. The molecule has 1 amide bonds. The SMILES string of the molecule is CSc1c(N2CCSCC2)sc(C(=O)NC2CC2)c1N. The largest absolute Gasteiger partial charge is 0.396 e. The maximum Gasteiger partial charge on any atom is 0.263 e. The molecule has 2 aliphatic rings. The van der Waals surface area contributed by atoms with Crippen LogP contribution in [0.4, 0.5) is 10.7 Å². The highest BCUT2D eigenvalue weighted by atomic mass is 32.2. The highest BCUT2D eigenvalue weighted by Crippen LogP contribution is 2.44. The molecule has 1 aliphatic heterocycles. The minimum absolute atomic E-state index is 0.00272. The van der Waals surface area contributed by atoms with Crippen LogP contribution in [0.3, 0.4) is 0 Å². The number of amides is 1. The number of carbonyl (C=O) groups excluding carboxylic acids is 1. The highest BCUT2D eigenvalue weighted by Gasteiger charge is 2.29. The van der Waals surface area contributed by atoms with E-state index in [1.807, 2.05) is 18.0 Å². The van der Waals surface area contributed by atoms with E-state index in [0.717, 1.165) is 42.3 Å². The molecule has 0 spiro atoms. The third-order valence-corrected chi connectivity index (χ3v) is 6.66. The number of hydrogen-bond acceptors (Lipinski definition) is 6. The summed E-state index contributed by atoms with van der Waals surface area (Å²) in [5.41, 5.74) is 6.88. The van der Waals surface area contributed by atoms with Gasteiger partial charge in [-0.25, -0.2) is 0 Å². The normalized spacial score (nSPS) is 19.1. The zero-order valence-corrected chi connectivity index (χ0v) is 13.9. The molecule has 0 bridgehead atoms. The van der Waals surface area contributed by atoms with Crippen LogP contribution in [0.1, 0.15) is 22.5 Å². The summed E-state index contributed by atoms with van der Waals surface area (Å²) in [7, 11) is 0. The fraction of sp³-hybridized carbons (Fsp3) is 0.615. The number of thiophene rings is 1. The Morgan fingerprint density at radius 3 is 2.70 bits per heavy atom. The lowest BCUT2D eigenvalue weighted by molar-refractivity contribution is 0.0956. The Morgan fingerprint density at radius 1 is 1.40 bits per heavy atom. The van der Waals surface area contributed by atoms with Crippen LogP contribution < -0.4 is 16.0 Å². The molecule has 0 atom stereocenters. The summed E-state index contributed by atoms with van der Waals surface area (Å²) < 4.78 is 0. The average molecular weight is 330 g/mol. The van der Waals surface area contributed by atoms with Gasteiger partial charge in [-0.15, -0.1) is 23.1 Å². The Labute approximate surface area is 131 Å². The maximum atomic E-state index is 12.3. The van der Waals surface area contributed by atoms with E-state index >= 15 is 0 Å². The molecule has 4 nitrogen and oxygen atoms in total. The molecule has 1 aliphatic carbocycles. The number of nitrogens with two attached hydrogens (primary N) is 1. The van der Waals surface area contributed by atoms with Crippen LogP contribution in [-0.4, -0.2) is 42.8 Å². The molecule has 0 radical (unpaired) electrons. The smallest absolute Gasteiger partial charge is 0.263 e. The van der Waals surface area contributed by atoms with E-state index in [2.05, 4.69) is 10.2 Å². The number of rotatable bonds is 4. The van der Waals surface area contributed by atoms with Crippen molar-refractivity contribution in [3.8, 4) is 0 Å². The van der Waals surface area contributed by atoms with Crippen LogP contribution in [0.5, 0.6) is 0 Å². The van der Waals surface area contributed by atoms with Gasteiger partial charge < -0.3 is 16.0 Å². The van der Waals surface area contributed by atoms with Gasteiger partial charge in [-0.1, -0.05) is 0 Å². The van der Waals surface area contributed by atoms with E-state index in [1.165, 1.54) is 5.00 Å². The molecular formula is C13H19N3OS3. The summed E-state index contributed by atoms with van der Waals surface area (Å²) in [6, 6.07) is 0.372. The van der Waals surface area contributed by atoms with Crippen molar-refractivity contribution >= 4 is 51.5 Å². The molecular weight excluding hydrogens is 310 g/mol. The van der Waals surface area contributed by atoms with Crippen molar-refractivity contribution < 1.29 is 4.79 Å². The van der Waals surface area contributed by atoms with Crippen LogP contribution in [0.25, 0.3) is 0 Å². The van der Waals surface area contributed by atoms with E-state index in [0.29, 0.717) is 16.6 Å². The fourth-order valence-corrected chi connectivity index (χ4v) is 5.28. The van der Waals surface area contributed by atoms with Gasteiger partial charge in [0, 0.05) is 30.6 Å². The second-order valence-electron chi connectivity index (χ2n) is 5.03. The van der Waals surface area contributed by atoms with Crippen LogP contribution in [0.2, 0.25) is 0 Å². The van der Waals surface area contributed by atoms with Gasteiger partial charge in [-0.3, -0.25) is 4.79 Å². The lowest BCUT2D eigenvalue weighted by atomic mass is 10.3. The lowest BCUT2D eigenvalue weighted by Crippen LogP contribution is -2.32. The quantitative estimate of drug-likeness (QED) is 0.831. The molecule has 0 unspecified atom stereocenters. The first-order valence-corrected chi connectivity index (χ1v) is 10.00. The molecule has 3 rings (SSSR count). The van der Waals surface area contributed by atoms with E-state index in [9.17, 15) is 4.79 Å². The molecule has 2 heterocycles. The number of hydrogen-bond donors (Lipinski definition) is 2. The molecule has 1 saturated heterocycles. The zero-order valence-electron chi connectivity index (χ0n) is 11.5. The van der Waals surface area contributed by atoms with Gasteiger partial charge in [-0.2, -0.15) is 11.8 Å². The molecule has 2 fully saturated rings. The second-order valence-corrected chi connectivity index (χ2v) is 8.07. The van der Waals surface area contributed by atoms with Crippen LogP contribution in [0.15, 0.2) is 4.90 Å². The zero-order chi connectivity index (χ0) is 14.1. The standard InChI is InChI=1S/C13H19N3OS3/c1-18-11-9(14)10(12(17)15-8-2-3-8)20-13(11)16-4-6-19-7-5-16/h8H,2-7,14H2,1H3,(H,15,17). The third kappa shape index (κ3) is 2.89. The monoisotopic (exact) mass is 329 g/mol. The Hall–Kier alpha value is -0.530. The summed E-state index contributed by atoms with van der Waals surface area (Å²) in [5, 5.41) is 4.22. The Kier molecular flexibility index (Phi) is 4.37. The predicted molar refractivity (Wildman–Crippen MR) is 90.5 cm³/mol. The number of nitrogen functional groups attached to an aromatic ring is 1. The van der Waals surface area contributed by atoms with Gasteiger partial charge in [0.05, 0.1) is 10.6 Å². The number of nitrogens with zero attached hydrogens (tertiary/aromatic N) is 1. The van der Waals surface area contributed by atoms with E-state index in [-0.39, 0.29) is 5.91 Å². The molecule has 20 heavy (non-hydrogen) atoms. The van der Waals surface area contributed by atoms with Gasteiger partial charge in [0.15, 0.2) is 0 Å². The van der Waals surface area contributed by atoms with Crippen molar-refractivity contribution in [1.82, 2.24) is 5.32 Å². The van der Waals surface area contributed by atoms with Crippen molar-refractivity contribution in [3.05, 3.63) is 4.88 Å². The minimum atomic E-state index is 0.00272. The summed E-state index contributed by atoms with van der Waals surface area (Å²) in [4.78, 5) is 16.4. The van der Waals surface area contributed by atoms with Crippen molar-refractivity contribution in [2.75, 3.05) is 41.5 Å². The highest BCUT2D eigenvalue weighted by molar-refractivity contribution is 7.99. The Morgan fingerprint density at radius 2 is 2.10 bits per heavy atom. The molecule has 7 heteroatoms. The Balaban J connectivity index is 1.86. The number of nitrogens with one attached hydrogen (secondary N) is 1. The van der Waals surface area contributed by atoms with Crippen molar-refractivity contribution in [3.63, 3.8) is 0 Å². The predicted octanol–water partition coefficient (Wildman–Crippen LogP) is 2.50. The van der Waals surface area contributed by atoms with Gasteiger partial charge >= 0.3 is 0 Å². The van der Waals surface area contributed by atoms with Crippen molar-refractivity contribution in [2.24, 2.45) is 0 Å². The fourth-order valence-electron chi connectivity index (χ4n) is 2.24. The maximum absolute atomic E-state index is 12.3. The summed E-state index contributed by atoms with van der Waals surface area (Å²) in [5.74, 6) is 2.30. The first-order valence-electron chi connectivity index (χ1n) is 6.80. The molecule has 0 aromatic carbocycles. The lowest BCUT2D eigenvalue weighted by Gasteiger charge is -2.27. The number of thioether (sulfide) groups is 2. The van der Waals surface area contributed by atoms with Gasteiger partial charge in [-0.05, 0) is 19.1 Å². The third-order valence-electron chi connectivity index (χ3n) is 3.50. The molecule has 1 aromatic heterocycles. The summed E-state index contributed by atoms with van der Waals surface area (Å²) in [6.45, 7) is 2.09. The van der Waals surface area contributed by atoms with E-state index < -0.39 is 0 Å². The minimum Gasteiger partial charge on any atom is -0.396 e. The first-order chi connectivity index (χ1) is 9.70. The Bertz CT molecular complexity index is 507. The first kappa shape index (κ1) is 14.4. The van der Waals surface area contributed by atoms with Gasteiger partial charge in [0.1, 0.15) is 9.88 Å². The van der Waals surface area contributed by atoms with Crippen molar-refractivity contribution in [2.45, 2.75) is 23.8 Å².